The minimum atomic E-state index is 0.588. The van der Waals surface area contributed by atoms with Crippen LogP contribution in [0.25, 0.3) is 0 Å². The van der Waals surface area contributed by atoms with Crippen molar-refractivity contribution in [3.63, 3.8) is 0 Å². The highest BCUT2D eigenvalue weighted by Gasteiger charge is 2.19. The fourth-order valence-corrected chi connectivity index (χ4v) is 3.08. The summed E-state index contributed by atoms with van der Waals surface area (Å²) in [5.41, 5.74) is 2.53. The molecule has 1 unspecified atom stereocenters. The van der Waals surface area contributed by atoms with Gasteiger partial charge >= 0.3 is 0 Å². The first-order chi connectivity index (χ1) is 8.16. The first-order valence-corrected chi connectivity index (χ1v) is 7.49. The van der Waals surface area contributed by atoms with Crippen molar-refractivity contribution in [1.29, 1.82) is 0 Å². The number of halogens is 1. The van der Waals surface area contributed by atoms with Gasteiger partial charge in [-0.15, -0.1) is 0 Å². The van der Waals surface area contributed by atoms with Gasteiger partial charge in [-0.05, 0) is 50.3 Å². The van der Waals surface area contributed by atoms with Crippen molar-refractivity contribution in [2.24, 2.45) is 5.92 Å². The van der Waals surface area contributed by atoms with Gasteiger partial charge in [0, 0.05) is 16.2 Å². The van der Waals surface area contributed by atoms with E-state index < -0.39 is 0 Å². The molecule has 17 heavy (non-hydrogen) atoms. The van der Waals surface area contributed by atoms with Crippen molar-refractivity contribution in [1.82, 2.24) is 0 Å². The first kappa shape index (κ1) is 12.9. The summed E-state index contributed by atoms with van der Waals surface area (Å²) in [7, 11) is 0. The van der Waals surface area contributed by atoms with Crippen LogP contribution in [0, 0.1) is 12.8 Å². The molecule has 0 aliphatic heterocycles. The Morgan fingerprint density at radius 3 is 2.59 bits per heavy atom. The summed E-state index contributed by atoms with van der Waals surface area (Å²) in [6, 6.07) is 7.12. The zero-order valence-corrected chi connectivity index (χ0v) is 12.4. The van der Waals surface area contributed by atoms with E-state index in [0.29, 0.717) is 6.04 Å². The minimum Gasteiger partial charge on any atom is -0.382 e. The minimum absolute atomic E-state index is 0.588. The lowest BCUT2D eigenvalue weighted by Gasteiger charge is -2.29. The summed E-state index contributed by atoms with van der Waals surface area (Å²) in [6.07, 6.45) is 7.03. The van der Waals surface area contributed by atoms with E-state index in [1.165, 1.54) is 47.8 Å². The van der Waals surface area contributed by atoms with E-state index >= 15 is 0 Å². The van der Waals surface area contributed by atoms with Crippen molar-refractivity contribution >= 4 is 21.6 Å². The van der Waals surface area contributed by atoms with Crippen molar-refractivity contribution < 1.29 is 0 Å². The van der Waals surface area contributed by atoms with Crippen LogP contribution in [-0.4, -0.2) is 6.04 Å². The molecule has 1 fully saturated rings. The van der Waals surface area contributed by atoms with Gasteiger partial charge in [-0.1, -0.05) is 41.3 Å². The standard InChI is InChI=1S/C15H22BrN/c1-11-8-9-14(10-15(11)16)17-12(2)13-6-4-3-5-7-13/h8-10,12-13,17H,3-7H2,1-2H3. The number of hydrogen-bond acceptors (Lipinski definition) is 1. The summed E-state index contributed by atoms with van der Waals surface area (Å²) in [5, 5.41) is 3.65. The Morgan fingerprint density at radius 2 is 1.94 bits per heavy atom. The second-order valence-corrected chi connectivity index (χ2v) is 6.15. The van der Waals surface area contributed by atoms with E-state index in [2.05, 4.69) is 53.3 Å². The Labute approximate surface area is 113 Å². The molecule has 1 atom stereocenters. The van der Waals surface area contributed by atoms with Gasteiger partial charge in [-0.25, -0.2) is 0 Å². The third-order valence-electron chi connectivity index (χ3n) is 3.92. The highest BCUT2D eigenvalue weighted by atomic mass is 79.9. The van der Waals surface area contributed by atoms with Gasteiger partial charge < -0.3 is 5.32 Å². The summed E-state index contributed by atoms with van der Waals surface area (Å²) in [6.45, 7) is 4.45. The van der Waals surface area contributed by atoms with E-state index in [9.17, 15) is 0 Å². The van der Waals surface area contributed by atoms with Gasteiger partial charge in [-0.2, -0.15) is 0 Å². The van der Waals surface area contributed by atoms with Crippen molar-refractivity contribution in [2.45, 2.75) is 52.0 Å². The molecule has 1 aromatic rings. The number of anilines is 1. The average molecular weight is 296 g/mol. The van der Waals surface area contributed by atoms with E-state index in [-0.39, 0.29) is 0 Å². The molecule has 1 nitrogen and oxygen atoms in total. The predicted octanol–water partition coefficient (Wildman–Crippen LogP) is 5.14. The molecule has 1 aliphatic rings. The first-order valence-electron chi connectivity index (χ1n) is 6.69. The number of nitrogens with one attached hydrogen (secondary N) is 1. The zero-order chi connectivity index (χ0) is 12.3. The van der Waals surface area contributed by atoms with Crippen molar-refractivity contribution in [3.05, 3.63) is 28.2 Å². The monoisotopic (exact) mass is 295 g/mol. The average Bonchev–Trinajstić information content (AvgIpc) is 2.35. The van der Waals surface area contributed by atoms with Crippen LogP contribution >= 0.6 is 15.9 Å². The third kappa shape index (κ3) is 3.48. The molecule has 1 aromatic carbocycles. The van der Waals surface area contributed by atoms with Crippen molar-refractivity contribution in [3.8, 4) is 0 Å². The Bertz CT molecular complexity index is 369. The lowest BCUT2D eigenvalue weighted by atomic mass is 9.84. The maximum atomic E-state index is 3.65. The van der Waals surface area contributed by atoms with Gasteiger partial charge in [0.15, 0.2) is 0 Å². The lowest BCUT2D eigenvalue weighted by Crippen LogP contribution is -2.27. The van der Waals surface area contributed by atoms with Crippen molar-refractivity contribution in [2.75, 3.05) is 5.32 Å². The van der Waals surface area contributed by atoms with Crippen LogP contribution in [0.15, 0.2) is 22.7 Å². The molecule has 0 heterocycles. The van der Waals surface area contributed by atoms with Crippen LogP contribution in [0.4, 0.5) is 5.69 Å². The predicted molar refractivity (Wildman–Crippen MR) is 78.5 cm³/mol. The Kier molecular flexibility index (Phi) is 4.49. The molecule has 94 valence electrons. The molecular formula is C15H22BrN. The molecule has 0 spiro atoms. The Balaban J connectivity index is 1.96. The fraction of sp³-hybridized carbons (Fsp3) is 0.600. The summed E-state index contributed by atoms with van der Waals surface area (Å²) in [5.74, 6) is 0.851. The van der Waals surface area contributed by atoms with Crippen LogP contribution < -0.4 is 5.32 Å². The molecule has 1 N–H and O–H groups in total. The van der Waals surface area contributed by atoms with E-state index in [1.54, 1.807) is 0 Å². The zero-order valence-electron chi connectivity index (χ0n) is 10.8. The van der Waals surface area contributed by atoms with Gasteiger partial charge in [0.25, 0.3) is 0 Å². The SMILES string of the molecule is Cc1ccc(NC(C)C2CCCCC2)cc1Br. The van der Waals surface area contributed by atoms with Crippen LogP contribution in [0.3, 0.4) is 0 Å². The second-order valence-electron chi connectivity index (χ2n) is 5.30. The quantitative estimate of drug-likeness (QED) is 0.814. The molecule has 2 heteroatoms. The molecule has 2 rings (SSSR count). The van der Waals surface area contributed by atoms with Gasteiger partial charge in [0.2, 0.25) is 0 Å². The molecular weight excluding hydrogens is 274 g/mol. The highest BCUT2D eigenvalue weighted by Crippen LogP contribution is 2.29. The number of rotatable bonds is 3. The number of aryl methyl sites for hydroxylation is 1. The van der Waals surface area contributed by atoms with E-state index in [4.69, 9.17) is 0 Å². The molecule has 0 radical (unpaired) electrons. The normalized spacial score (nSPS) is 19.0. The largest absolute Gasteiger partial charge is 0.382 e. The summed E-state index contributed by atoms with van der Waals surface area (Å²) >= 11 is 3.59. The van der Waals surface area contributed by atoms with Crippen LogP contribution in [0.5, 0.6) is 0 Å². The fourth-order valence-electron chi connectivity index (χ4n) is 2.70. The van der Waals surface area contributed by atoms with Crippen LogP contribution in [0.2, 0.25) is 0 Å². The molecule has 1 saturated carbocycles. The summed E-state index contributed by atoms with van der Waals surface area (Å²) < 4.78 is 1.19. The number of hydrogen-bond donors (Lipinski definition) is 1. The van der Waals surface area contributed by atoms with Gasteiger partial charge in [-0.3, -0.25) is 0 Å². The maximum Gasteiger partial charge on any atom is 0.0353 e. The maximum absolute atomic E-state index is 3.65. The molecule has 0 amide bonds. The smallest absolute Gasteiger partial charge is 0.0353 e. The molecule has 0 bridgehead atoms. The Hall–Kier alpha value is -0.500. The lowest BCUT2D eigenvalue weighted by molar-refractivity contribution is 0.328. The topological polar surface area (TPSA) is 12.0 Å². The second kappa shape index (κ2) is 5.90. The summed E-state index contributed by atoms with van der Waals surface area (Å²) in [4.78, 5) is 0. The molecule has 0 saturated heterocycles. The number of benzene rings is 1. The van der Waals surface area contributed by atoms with Crippen LogP contribution in [0.1, 0.15) is 44.6 Å². The van der Waals surface area contributed by atoms with Gasteiger partial charge in [0.1, 0.15) is 0 Å². The Morgan fingerprint density at radius 1 is 1.24 bits per heavy atom. The van der Waals surface area contributed by atoms with Crippen LogP contribution in [-0.2, 0) is 0 Å². The highest BCUT2D eigenvalue weighted by molar-refractivity contribution is 9.10. The van der Waals surface area contributed by atoms with E-state index in [1.807, 2.05) is 0 Å². The molecule has 1 aliphatic carbocycles. The van der Waals surface area contributed by atoms with Gasteiger partial charge in [0.05, 0.1) is 0 Å². The van der Waals surface area contributed by atoms with E-state index in [0.717, 1.165) is 5.92 Å². The molecule has 0 aromatic heterocycles. The third-order valence-corrected chi connectivity index (χ3v) is 4.78.